The minimum absolute atomic E-state index is 0.0571. The Morgan fingerprint density at radius 3 is 2.67 bits per heavy atom. The minimum atomic E-state index is -0.901. The number of aromatic nitrogens is 2. The number of H-pyrrole nitrogens is 1. The number of hydrogen-bond acceptors (Lipinski definition) is 4. The Kier molecular flexibility index (Phi) is 4.11. The number of rotatable bonds is 5. The van der Waals surface area contributed by atoms with Gasteiger partial charge < -0.3 is 15.4 Å². The van der Waals surface area contributed by atoms with Gasteiger partial charge in [-0.2, -0.15) is 0 Å². The second-order valence-corrected chi connectivity index (χ2v) is 5.25. The summed E-state index contributed by atoms with van der Waals surface area (Å²) in [6, 6.07) is 1.33. The molecule has 0 radical (unpaired) electrons. The molecule has 0 aliphatic rings. The van der Waals surface area contributed by atoms with Crippen LogP contribution in [0.3, 0.4) is 0 Å². The van der Waals surface area contributed by atoms with Gasteiger partial charge in [0, 0.05) is 17.5 Å². The number of nitrogens with zero attached hydrogens (tertiary/aromatic N) is 1. The molecule has 1 rings (SSSR count). The number of hydrogen-bond donors (Lipinski definition) is 3. The van der Waals surface area contributed by atoms with Gasteiger partial charge in [-0.15, -0.1) is 0 Å². The highest BCUT2D eigenvalue weighted by atomic mass is 16.4. The molecule has 6 nitrogen and oxygen atoms in total. The van der Waals surface area contributed by atoms with E-state index in [-0.39, 0.29) is 17.9 Å². The van der Waals surface area contributed by atoms with E-state index >= 15 is 0 Å². The molecule has 0 unspecified atom stereocenters. The van der Waals surface area contributed by atoms with Crippen molar-refractivity contribution < 1.29 is 9.90 Å². The first kappa shape index (κ1) is 14.2. The van der Waals surface area contributed by atoms with Crippen LogP contribution in [0.5, 0.6) is 0 Å². The van der Waals surface area contributed by atoms with Crippen molar-refractivity contribution in [1.82, 2.24) is 9.97 Å². The van der Waals surface area contributed by atoms with Crippen LogP contribution in [-0.2, 0) is 4.79 Å². The van der Waals surface area contributed by atoms with Gasteiger partial charge in [-0.05, 0) is 13.8 Å². The fraction of sp³-hybridized carbons (Fsp3) is 0.583. The van der Waals surface area contributed by atoms with Crippen LogP contribution >= 0.6 is 0 Å². The second kappa shape index (κ2) is 5.20. The summed E-state index contributed by atoms with van der Waals surface area (Å²) < 4.78 is 0. The van der Waals surface area contributed by atoms with E-state index in [2.05, 4.69) is 15.3 Å². The molecule has 3 N–H and O–H groups in total. The number of nitrogens with one attached hydrogen (secondary N) is 2. The number of carbonyl (C=O) groups is 1. The van der Waals surface area contributed by atoms with Gasteiger partial charge in [-0.1, -0.05) is 13.8 Å². The van der Waals surface area contributed by atoms with E-state index in [4.69, 9.17) is 5.11 Å². The van der Waals surface area contributed by atoms with Gasteiger partial charge in [0.05, 0.1) is 6.42 Å². The Hall–Kier alpha value is -1.85. The van der Waals surface area contributed by atoms with Crippen LogP contribution in [0.25, 0.3) is 0 Å². The maximum Gasteiger partial charge on any atom is 0.305 e. The van der Waals surface area contributed by atoms with Gasteiger partial charge in [-0.25, -0.2) is 4.98 Å². The van der Waals surface area contributed by atoms with E-state index in [1.54, 1.807) is 13.8 Å². The molecule has 0 fully saturated rings. The van der Waals surface area contributed by atoms with Gasteiger partial charge >= 0.3 is 5.97 Å². The van der Waals surface area contributed by atoms with Crippen molar-refractivity contribution in [2.24, 2.45) is 0 Å². The Labute approximate surface area is 105 Å². The summed E-state index contributed by atoms with van der Waals surface area (Å²) in [5.74, 6) is 0.174. The average Bonchev–Trinajstić information content (AvgIpc) is 2.12. The molecule has 0 aliphatic carbocycles. The maximum absolute atomic E-state index is 11.5. The van der Waals surface area contributed by atoms with Crippen LogP contribution in [0.1, 0.15) is 45.9 Å². The summed E-state index contributed by atoms with van der Waals surface area (Å²) in [6.07, 6.45) is -0.0571. The summed E-state index contributed by atoms with van der Waals surface area (Å²) in [4.78, 5) is 29.1. The number of aromatic amines is 1. The lowest BCUT2D eigenvalue weighted by molar-refractivity contribution is -0.137. The van der Waals surface area contributed by atoms with Crippen molar-refractivity contribution in [3.63, 3.8) is 0 Å². The lowest BCUT2D eigenvalue weighted by Crippen LogP contribution is -2.34. The van der Waals surface area contributed by atoms with Crippen molar-refractivity contribution in [2.45, 2.75) is 45.6 Å². The molecule has 1 aromatic rings. The fourth-order valence-electron chi connectivity index (χ4n) is 1.58. The number of anilines is 1. The Morgan fingerprint density at radius 2 is 2.17 bits per heavy atom. The van der Waals surface area contributed by atoms with E-state index in [9.17, 15) is 9.59 Å². The van der Waals surface area contributed by atoms with Gasteiger partial charge in [0.25, 0.3) is 5.56 Å². The Bertz CT molecular complexity index is 492. The molecule has 0 atom stereocenters. The van der Waals surface area contributed by atoms with Gasteiger partial charge in [-0.3, -0.25) is 9.59 Å². The largest absolute Gasteiger partial charge is 0.481 e. The number of carboxylic acid groups (broad SMARTS) is 1. The van der Waals surface area contributed by atoms with Crippen LogP contribution in [0.2, 0.25) is 0 Å². The summed E-state index contributed by atoms with van der Waals surface area (Å²) in [6.45, 7) is 7.34. The molecule has 1 heterocycles. The molecule has 0 bridgehead atoms. The molecule has 0 spiro atoms. The lowest BCUT2D eigenvalue weighted by Gasteiger charge is -2.25. The molecular weight excluding hydrogens is 234 g/mol. The monoisotopic (exact) mass is 253 g/mol. The van der Waals surface area contributed by atoms with Gasteiger partial charge in [0.1, 0.15) is 11.6 Å². The highest BCUT2D eigenvalue weighted by Crippen LogP contribution is 2.16. The maximum atomic E-state index is 11.5. The number of aliphatic carboxylic acids is 1. The normalized spacial score (nSPS) is 11.6. The summed E-state index contributed by atoms with van der Waals surface area (Å²) in [7, 11) is 0. The van der Waals surface area contributed by atoms with Crippen LogP contribution in [0.4, 0.5) is 5.82 Å². The molecule has 0 amide bonds. The van der Waals surface area contributed by atoms with E-state index in [1.807, 2.05) is 13.8 Å². The standard InChI is InChI=1S/C12H19N3O3/c1-7(2)11-13-8(5-9(16)14-11)15-12(3,4)6-10(17)18/h5,7H,6H2,1-4H3,(H,17,18)(H2,13,14,15,16). The van der Waals surface area contributed by atoms with E-state index in [0.29, 0.717) is 11.6 Å². The molecule has 0 saturated carbocycles. The van der Waals surface area contributed by atoms with E-state index in [0.717, 1.165) is 0 Å². The van der Waals surface area contributed by atoms with Crippen molar-refractivity contribution in [3.05, 3.63) is 22.2 Å². The SMILES string of the molecule is CC(C)c1nc(NC(C)(C)CC(=O)O)cc(=O)[nH]1. The van der Waals surface area contributed by atoms with Crippen molar-refractivity contribution in [3.8, 4) is 0 Å². The smallest absolute Gasteiger partial charge is 0.305 e. The fourth-order valence-corrected chi connectivity index (χ4v) is 1.58. The number of carboxylic acids is 1. The molecule has 100 valence electrons. The third kappa shape index (κ3) is 4.20. The zero-order valence-electron chi connectivity index (χ0n) is 11.1. The molecule has 18 heavy (non-hydrogen) atoms. The molecule has 1 aromatic heterocycles. The van der Waals surface area contributed by atoms with Crippen LogP contribution < -0.4 is 10.9 Å². The van der Waals surface area contributed by atoms with Crippen molar-refractivity contribution in [1.29, 1.82) is 0 Å². The average molecular weight is 253 g/mol. The molecule has 6 heteroatoms. The van der Waals surface area contributed by atoms with Crippen molar-refractivity contribution in [2.75, 3.05) is 5.32 Å². The first-order valence-electron chi connectivity index (χ1n) is 5.81. The second-order valence-electron chi connectivity index (χ2n) is 5.25. The Balaban J connectivity index is 2.97. The van der Waals surface area contributed by atoms with E-state index in [1.165, 1.54) is 6.07 Å². The third-order valence-corrected chi connectivity index (χ3v) is 2.37. The topological polar surface area (TPSA) is 95.1 Å². The zero-order chi connectivity index (χ0) is 13.9. The zero-order valence-corrected chi connectivity index (χ0v) is 11.1. The van der Waals surface area contributed by atoms with Crippen LogP contribution in [0, 0.1) is 0 Å². The molecular formula is C12H19N3O3. The highest BCUT2D eigenvalue weighted by Gasteiger charge is 2.22. The molecule has 0 saturated heterocycles. The summed E-state index contributed by atoms with van der Waals surface area (Å²) in [5, 5.41) is 11.8. The summed E-state index contributed by atoms with van der Waals surface area (Å²) >= 11 is 0. The van der Waals surface area contributed by atoms with Crippen LogP contribution in [-0.4, -0.2) is 26.6 Å². The quantitative estimate of drug-likeness (QED) is 0.740. The van der Waals surface area contributed by atoms with E-state index < -0.39 is 11.5 Å². The first-order valence-corrected chi connectivity index (χ1v) is 5.81. The minimum Gasteiger partial charge on any atom is -0.481 e. The third-order valence-electron chi connectivity index (χ3n) is 2.37. The van der Waals surface area contributed by atoms with Crippen LogP contribution in [0.15, 0.2) is 10.9 Å². The first-order chi connectivity index (χ1) is 8.19. The van der Waals surface area contributed by atoms with Gasteiger partial charge in [0.15, 0.2) is 0 Å². The predicted molar refractivity (Wildman–Crippen MR) is 68.9 cm³/mol. The highest BCUT2D eigenvalue weighted by molar-refractivity contribution is 5.69. The summed E-state index contributed by atoms with van der Waals surface area (Å²) in [5.41, 5.74) is -0.914. The van der Waals surface area contributed by atoms with Gasteiger partial charge in [0.2, 0.25) is 0 Å². The lowest BCUT2D eigenvalue weighted by atomic mass is 10.0. The molecule has 0 aliphatic heterocycles. The molecule has 0 aromatic carbocycles. The van der Waals surface area contributed by atoms with Crippen molar-refractivity contribution >= 4 is 11.8 Å². The Morgan fingerprint density at radius 1 is 1.56 bits per heavy atom. The predicted octanol–water partition coefficient (Wildman–Crippen LogP) is 1.56.